The molecule has 0 aliphatic carbocycles. The SMILES string of the molecule is Cc1cc(C)cc(Cn2c(C)c(C(=O)NCCC#N)sc2=O)c1. The number of carbonyl (C=O) groups excluding carboxylic acids is 1. The maximum atomic E-state index is 12.2. The summed E-state index contributed by atoms with van der Waals surface area (Å²) in [6.07, 6.45) is 0.253. The number of carbonyl (C=O) groups is 1. The van der Waals surface area contributed by atoms with E-state index in [1.807, 2.05) is 32.0 Å². The molecule has 0 fully saturated rings. The zero-order valence-electron chi connectivity index (χ0n) is 13.5. The molecule has 0 bridgehead atoms. The third kappa shape index (κ3) is 4.08. The van der Waals surface area contributed by atoms with Crippen LogP contribution in [-0.4, -0.2) is 17.0 Å². The molecule has 5 nitrogen and oxygen atoms in total. The number of aromatic nitrogens is 1. The Morgan fingerprint density at radius 3 is 2.52 bits per heavy atom. The number of aryl methyl sites for hydroxylation is 2. The number of hydrogen-bond acceptors (Lipinski definition) is 4. The summed E-state index contributed by atoms with van der Waals surface area (Å²) >= 11 is 0.947. The van der Waals surface area contributed by atoms with E-state index in [2.05, 4.69) is 11.4 Å². The van der Waals surface area contributed by atoms with Gasteiger partial charge in [-0.05, 0) is 26.3 Å². The van der Waals surface area contributed by atoms with Crippen molar-refractivity contribution in [3.8, 4) is 6.07 Å². The van der Waals surface area contributed by atoms with Crippen LogP contribution in [0, 0.1) is 32.1 Å². The average Bonchev–Trinajstić information content (AvgIpc) is 2.74. The predicted molar refractivity (Wildman–Crippen MR) is 90.9 cm³/mol. The maximum absolute atomic E-state index is 12.2. The molecule has 0 spiro atoms. The summed E-state index contributed by atoms with van der Waals surface area (Å²) in [5.74, 6) is -0.293. The van der Waals surface area contributed by atoms with Gasteiger partial charge in [-0.15, -0.1) is 0 Å². The van der Waals surface area contributed by atoms with Gasteiger partial charge in [0.05, 0.1) is 19.0 Å². The summed E-state index contributed by atoms with van der Waals surface area (Å²) in [5.41, 5.74) is 4.00. The van der Waals surface area contributed by atoms with Gasteiger partial charge in [0, 0.05) is 12.2 Å². The molecule has 0 radical (unpaired) electrons. The minimum Gasteiger partial charge on any atom is -0.350 e. The van der Waals surface area contributed by atoms with Crippen molar-refractivity contribution in [2.45, 2.75) is 33.7 Å². The van der Waals surface area contributed by atoms with Crippen LogP contribution in [0.25, 0.3) is 0 Å². The zero-order chi connectivity index (χ0) is 17.0. The lowest BCUT2D eigenvalue weighted by atomic mass is 10.1. The first-order valence-corrected chi connectivity index (χ1v) is 8.16. The molecule has 2 aromatic rings. The van der Waals surface area contributed by atoms with Crippen LogP contribution >= 0.6 is 11.3 Å². The second kappa shape index (κ2) is 7.25. The Morgan fingerprint density at radius 2 is 1.91 bits per heavy atom. The van der Waals surface area contributed by atoms with Crippen molar-refractivity contribution < 1.29 is 4.79 Å². The quantitative estimate of drug-likeness (QED) is 0.857. The van der Waals surface area contributed by atoms with Crippen molar-refractivity contribution in [2.24, 2.45) is 0 Å². The largest absolute Gasteiger partial charge is 0.350 e. The minimum absolute atomic E-state index is 0.146. The van der Waals surface area contributed by atoms with E-state index in [1.165, 1.54) is 0 Å². The molecule has 0 aliphatic heterocycles. The standard InChI is InChI=1S/C17H19N3O2S/c1-11-7-12(2)9-14(8-11)10-20-13(3)15(23-17(20)22)16(21)19-6-4-5-18/h7-9H,4,6,10H2,1-3H3,(H,19,21). The number of nitrogens with zero attached hydrogens (tertiary/aromatic N) is 2. The third-order valence-electron chi connectivity index (χ3n) is 3.49. The van der Waals surface area contributed by atoms with Gasteiger partial charge >= 0.3 is 4.87 Å². The van der Waals surface area contributed by atoms with E-state index in [9.17, 15) is 9.59 Å². The van der Waals surface area contributed by atoms with E-state index >= 15 is 0 Å². The van der Waals surface area contributed by atoms with Gasteiger partial charge in [0.1, 0.15) is 4.88 Å². The van der Waals surface area contributed by atoms with Crippen LogP contribution in [0.15, 0.2) is 23.0 Å². The number of nitriles is 1. The summed E-state index contributed by atoms with van der Waals surface area (Å²) in [6.45, 7) is 6.56. The van der Waals surface area contributed by atoms with Gasteiger partial charge in [-0.3, -0.25) is 14.2 Å². The van der Waals surface area contributed by atoms with E-state index < -0.39 is 0 Å². The molecule has 120 valence electrons. The topological polar surface area (TPSA) is 74.9 Å². The molecule has 23 heavy (non-hydrogen) atoms. The van der Waals surface area contributed by atoms with E-state index in [4.69, 9.17) is 5.26 Å². The van der Waals surface area contributed by atoms with Crippen molar-refractivity contribution >= 4 is 17.2 Å². The zero-order valence-corrected chi connectivity index (χ0v) is 14.3. The Morgan fingerprint density at radius 1 is 1.26 bits per heavy atom. The predicted octanol–water partition coefficient (Wildman–Crippen LogP) is 2.53. The van der Waals surface area contributed by atoms with Gasteiger partial charge in [0.25, 0.3) is 5.91 Å². The second-order valence-corrected chi connectivity index (χ2v) is 6.49. The van der Waals surface area contributed by atoms with Crippen LogP contribution in [-0.2, 0) is 6.54 Å². The lowest BCUT2D eigenvalue weighted by molar-refractivity contribution is 0.0957. The first kappa shape index (κ1) is 17.0. The molecule has 0 saturated carbocycles. The summed E-state index contributed by atoms with van der Waals surface area (Å²) in [5, 5.41) is 11.2. The van der Waals surface area contributed by atoms with Crippen molar-refractivity contribution in [1.29, 1.82) is 5.26 Å². The average molecular weight is 329 g/mol. The van der Waals surface area contributed by atoms with Crippen molar-refractivity contribution in [2.75, 3.05) is 6.54 Å². The highest BCUT2D eigenvalue weighted by molar-refractivity contribution is 7.11. The van der Waals surface area contributed by atoms with E-state index in [-0.39, 0.29) is 23.7 Å². The highest BCUT2D eigenvalue weighted by atomic mass is 32.1. The molecule has 0 aliphatic rings. The Bertz CT molecular complexity index is 807. The molecule has 1 aromatic carbocycles. The lowest BCUT2D eigenvalue weighted by Crippen LogP contribution is -2.24. The molecule has 6 heteroatoms. The molecular weight excluding hydrogens is 310 g/mol. The monoisotopic (exact) mass is 329 g/mol. The highest BCUT2D eigenvalue weighted by Crippen LogP contribution is 2.15. The van der Waals surface area contributed by atoms with Gasteiger partial charge in [0.2, 0.25) is 0 Å². The fraction of sp³-hybridized carbons (Fsp3) is 0.353. The molecule has 1 N–H and O–H groups in total. The first-order valence-electron chi connectivity index (χ1n) is 7.35. The molecule has 2 rings (SSSR count). The van der Waals surface area contributed by atoms with Crippen LogP contribution in [0.4, 0.5) is 0 Å². The lowest BCUT2D eigenvalue weighted by Gasteiger charge is -2.08. The summed E-state index contributed by atoms with van der Waals surface area (Å²) in [6, 6.07) is 8.14. The molecular formula is C17H19N3O2S. The van der Waals surface area contributed by atoms with Crippen molar-refractivity contribution in [1.82, 2.24) is 9.88 Å². The molecule has 0 saturated heterocycles. The Hall–Kier alpha value is -2.39. The number of amides is 1. The van der Waals surface area contributed by atoms with Crippen molar-refractivity contribution in [3.05, 3.63) is 55.1 Å². The first-order chi connectivity index (χ1) is 10.9. The summed E-state index contributed by atoms with van der Waals surface area (Å²) in [7, 11) is 0. The minimum atomic E-state index is -0.293. The second-order valence-electron chi connectivity index (χ2n) is 5.53. The summed E-state index contributed by atoms with van der Waals surface area (Å²) < 4.78 is 1.62. The Kier molecular flexibility index (Phi) is 5.35. The van der Waals surface area contributed by atoms with E-state index in [0.717, 1.165) is 28.0 Å². The number of rotatable bonds is 5. The number of nitrogens with one attached hydrogen (secondary N) is 1. The van der Waals surface area contributed by atoms with Gasteiger partial charge in [0.15, 0.2) is 0 Å². The molecule has 0 unspecified atom stereocenters. The van der Waals surface area contributed by atoms with Gasteiger partial charge in [-0.2, -0.15) is 5.26 Å². The highest BCUT2D eigenvalue weighted by Gasteiger charge is 2.17. The fourth-order valence-corrected chi connectivity index (χ4v) is 3.43. The van der Waals surface area contributed by atoms with Crippen LogP contribution in [0.1, 0.15) is 38.5 Å². The molecule has 1 heterocycles. The number of hydrogen-bond donors (Lipinski definition) is 1. The van der Waals surface area contributed by atoms with E-state index in [0.29, 0.717) is 17.1 Å². The number of thiazole rings is 1. The Balaban J connectivity index is 2.25. The normalized spacial score (nSPS) is 10.3. The maximum Gasteiger partial charge on any atom is 0.308 e. The van der Waals surface area contributed by atoms with E-state index in [1.54, 1.807) is 11.5 Å². The third-order valence-corrected chi connectivity index (χ3v) is 4.57. The van der Waals surface area contributed by atoms with Crippen molar-refractivity contribution in [3.63, 3.8) is 0 Å². The van der Waals surface area contributed by atoms with Gasteiger partial charge in [-0.25, -0.2) is 0 Å². The van der Waals surface area contributed by atoms with Crippen LogP contribution < -0.4 is 10.2 Å². The Labute approximate surface area is 139 Å². The number of benzene rings is 1. The van der Waals surface area contributed by atoms with Gasteiger partial charge < -0.3 is 5.32 Å². The molecule has 0 atom stereocenters. The van der Waals surface area contributed by atoms with Crippen LogP contribution in [0.2, 0.25) is 0 Å². The molecule has 1 aromatic heterocycles. The summed E-state index contributed by atoms with van der Waals surface area (Å²) in [4.78, 5) is 24.6. The smallest absolute Gasteiger partial charge is 0.308 e. The fourth-order valence-electron chi connectivity index (χ4n) is 2.52. The van der Waals surface area contributed by atoms with Crippen LogP contribution in [0.5, 0.6) is 0 Å². The van der Waals surface area contributed by atoms with Crippen LogP contribution in [0.3, 0.4) is 0 Å². The van der Waals surface area contributed by atoms with Gasteiger partial charge in [-0.1, -0.05) is 40.7 Å². The molecule has 1 amide bonds.